The molecule has 0 amide bonds. The highest BCUT2D eigenvalue weighted by molar-refractivity contribution is 7.92. The van der Waals surface area contributed by atoms with Crippen molar-refractivity contribution >= 4 is 9.84 Å². The Morgan fingerprint density at radius 3 is 1.86 bits per heavy atom. The van der Waals surface area contributed by atoms with Crippen LogP contribution in [0.4, 0.5) is 13.2 Å². The van der Waals surface area contributed by atoms with Crippen LogP contribution >= 0.6 is 0 Å². The van der Waals surface area contributed by atoms with Gasteiger partial charge < -0.3 is 0 Å². The maximum Gasteiger partial charge on any atom is 0.501 e. The van der Waals surface area contributed by atoms with E-state index in [0.29, 0.717) is 11.4 Å². The van der Waals surface area contributed by atoms with E-state index in [1.165, 1.54) is 57.1 Å². The lowest BCUT2D eigenvalue weighted by Gasteiger charge is -2.08. The van der Waals surface area contributed by atoms with Gasteiger partial charge in [-0.3, -0.25) is 0 Å². The summed E-state index contributed by atoms with van der Waals surface area (Å²) >= 11 is 0. The molecule has 4 nitrogen and oxygen atoms in total. The van der Waals surface area contributed by atoms with Crippen molar-refractivity contribution in [1.29, 1.82) is 0 Å². The molecule has 0 spiro atoms. The quantitative estimate of drug-likeness (QED) is 0.405. The summed E-state index contributed by atoms with van der Waals surface area (Å²) in [5.41, 5.74) is -3.84. The molecule has 0 fully saturated rings. The van der Waals surface area contributed by atoms with Crippen LogP contribution in [-0.2, 0) is 16.3 Å². The van der Waals surface area contributed by atoms with Gasteiger partial charge in [0.1, 0.15) is 0 Å². The van der Waals surface area contributed by atoms with Crippen molar-refractivity contribution in [3.05, 3.63) is 42.2 Å². The van der Waals surface area contributed by atoms with Gasteiger partial charge in [0, 0.05) is 18.0 Å². The van der Waals surface area contributed by atoms with Crippen LogP contribution in [0.15, 0.2) is 41.6 Å². The Balaban J connectivity index is 1.86. The first kappa shape index (κ1) is 23.3. The lowest BCUT2D eigenvalue weighted by molar-refractivity contribution is -0.0436. The zero-order valence-electron chi connectivity index (χ0n) is 16.6. The van der Waals surface area contributed by atoms with Crippen molar-refractivity contribution in [2.45, 2.75) is 75.1 Å². The molecule has 160 valence electrons. The minimum atomic E-state index is -5.34. The van der Waals surface area contributed by atoms with Gasteiger partial charge in [-0.1, -0.05) is 51.9 Å². The third-order valence-electron chi connectivity index (χ3n) is 4.75. The van der Waals surface area contributed by atoms with E-state index in [4.69, 9.17) is 0 Å². The van der Waals surface area contributed by atoms with Crippen molar-refractivity contribution in [3.63, 3.8) is 0 Å². The second-order valence-electron chi connectivity index (χ2n) is 7.11. The summed E-state index contributed by atoms with van der Waals surface area (Å²) in [6.45, 7) is 2.21. The number of aromatic nitrogens is 2. The van der Waals surface area contributed by atoms with Gasteiger partial charge in [-0.25, -0.2) is 18.4 Å². The maximum atomic E-state index is 12.6. The summed E-state index contributed by atoms with van der Waals surface area (Å²) in [7, 11) is -5.34. The molecule has 1 aromatic carbocycles. The largest absolute Gasteiger partial charge is 0.501 e. The molecule has 29 heavy (non-hydrogen) atoms. The highest BCUT2D eigenvalue weighted by Crippen LogP contribution is 2.31. The van der Waals surface area contributed by atoms with E-state index in [1.54, 1.807) is 12.4 Å². The highest BCUT2D eigenvalue weighted by atomic mass is 32.2. The predicted molar refractivity (Wildman–Crippen MR) is 107 cm³/mol. The Morgan fingerprint density at radius 1 is 0.828 bits per heavy atom. The smallest absolute Gasteiger partial charge is 0.236 e. The standard InChI is InChI=1S/C21H27F3N2O2S/c1-2-3-4-5-6-7-8-9-10-17-15-25-20(26-16-17)18-11-13-19(14-12-18)29(27,28)21(22,23)24/h11-16H,2-10H2,1H3. The lowest BCUT2D eigenvalue weighted by Crippen LogP contribution is -2.23. The van der Waals surface area contributed by atoms with Crippen LogP contribution in [0.3, 0.4) is 0 Å². The second-order valence-corrected chi connectivity index (χ2v) is 9.05. The van der Waals surface area contributed by atoms with Crippen LogP contribution < -0.4 is 0 Å². The molecule has 0 bridgehead atoms. The van der Waals surface area contributed by atoms with Gasteiger partial charge in [-0.15, -0.1) is 0 Å². The molecule has 8 heteroatoms. The van der Waals surface area contributed by atoms with Gasteiger partial charge in [-0.05, 0) is 42.7 Å². The van der Waals surface area contributed by atoms with Crippen LogP contribution in [0.25, 0.3) is 11.4 Å². The summed E-state index contributed by atoms with van der Waals surface area (Å²) in [6.07, 6.45) is 14.2. The molecule has 0 aliphatic heterocycles. The zero-order valence-corrected chi connectivity index (χ0v) is 17.4. The van der Waals surface area contributed by atoms with E-state index >= 15 is 0 Å². The average molecular weight is 429 g/mol. The SMILES string of the molecule is CCCCCCCCCCc1cnc(-c2ccc(S(=O)(=O)C(F)(F)F)cc2)nc1. The van der Waals surface area contributed by atoms with Gasteiger partial charge in [0.2, 0.25) is 0 Å². The molecule has 0 saturated carbocycles. The minimum absolute atomic E-state index is 0.348. The van der Waals surface area contributed by atoms with Crippen molar-refractivity contribution in [2.75, 3.05) is 0 Å². The summed E-state index contributed by atoms with van der Waals surface area (Å²) in [5.74, 6) is 0.348. The molecule has 2 aromatic rings. The number of rotatable bonds is 11. The Morgan fingerprint density at radius 2 is 1.34 bits per heavy atom. The molecule has 1 aromatic heterocycles. The fraction of sp³-hybridized carbons (Fsp3) is 0.524. The van der Waals surface area contributed by atoms with E-state index in [2.05, 4.69) is 16.9 Å². The second kappa shape index (κ2) is 10.7. The Bertz CT molecular complexity index is 849. The molecule has 0 radical (unpaired) electrons. The molecule has 2 rings (SSSR count). The van der Waals surface area contributed by atoms with Crippen LogP contribution in [0.1, 0.15) is 63.9 Å². The number of aryl methyl sites for hydroxylation is 1. The molecule has 0 atom stereocenters. The highest BCUT2D eigenvalue weighted by Gasteiger charge is 2.46. The fourth-order valence-corrected chi connectivity index (χ4v) is 3.77. The first-order chi connectivity index (χ1) is 13.8. The number of alkyl halides is 3. The molecule has 0 unspecified atom stereocenters. The lowest BCUT2D eigenvalue weighted by atomic mass is 10.1. The molecule has 1 heterocycles. The van der Waals surface area contributed by atoms with Crippen LogP contribution in [0.5, 0.6) is 0 Å². The van der Waals surface area contributed by atoms with Gasteiger partial charge in [-0.2, -0.15) is 13.2 Å². The maximum absolute atomic E-state index is 12.6. The molecule has 0 saturated heterocycles. The minimum Gasteiger partial charge on any atom is -0.236 e. The Kier molecular flexibility index (Phi) is 8.61. The predicted octanol–water partition coefficient (Wildman–Crippen LogP) is 6.12. The number of benzene rings is 1. The molecule has 0 aliphatic carbocycles. The number of hydrogen-bond acceptors (Lipinski definition) is 4. The van der Waals surface area contributed by atoms with Crippen molar-refractivity contribution in [3.8, 4) is 11.4 Å². The van der Waals surface area contributed by atoms with Gasteiger partial charge in [0.25, 0.3) is 9.84 Å². The van der Waals surface area contributed by atoms with Crippen molar-refractivity contribution in [1.82, 2.24) is 9.97 Å². The topological polar surface area (TPSA) is 59.9 Å². The zero-order chi connectivity index (χ0) is 21.3. The van der Waals surface area contributed by atoms with Crippen LogP contribution in [0, 0.1) is 0 Å². The van der Waals surface area contributed by atoms with Crippen LogP contribution in [0.2, 0.25) is 0 Å². The molecular weight excluding hydrogens is 401 g/mol. The molecular formula is C21H27F3N2O2S. The van der Waals surface area contributed by atoms with Gasteiger partial charge in [0.15, 0.2) is 5.82 Å². The van der Waals surface area contributed by atoms with Crippen molar-refractivity contribution < 1.29 is 21.6 Å². The summed E-state index contributed by atoms with van der Waals surface area (Å²) in [4.78, 5) is 7.72. The average Bonchev–Trinajstić information content (AvgIpc) is 2.70. The monoisotopic (exact) mass is 428 g/mol. The number of nitrogens with zero attached hydrogens (tertiary/aromatic N) is 2. The summed E-state index contributed by atoms with van der Waals surface area (Å²) in [5, 5.41) is 0. The van der Waals surface area contributed by atoms with E-state index in [0.717, 1.165) is 30.5 Å². The molecule has 0 N–H and O–H groups in total. The third-order valence-corrected chi connectivity index (χ3v) is 6.25. The number of hydrogen-bond donors (Lipinski definition) is 0. The van der Waals surface area contributed by atoms with Crippen LogP contribution in [-0.4, -0.2) is 23.9 Å². The van der Waals surface area contributed by atoms with E-state index in [-0.39, 0.29) is 0 Å². The van der Waals surface area contributed by atoms with Crippen molar-refractivity contribution in [2.24, 2.45) is 0 Å². The summed E-state index contributed by atoms with van der Waals surface area (Å²) in [6, 6.07) is 4.42. The first-order valence-electron chi connectivity index (χ1n) is 9.98. The fourth-order valence-electron chi connectivity index (χ4n) is 3.01. The van der Waals surface area contributed by atoms with E-state index in [1.807, 2.05) is 0 Å². The number of sulfone groups is 1. The van der Waals surface area contributed by atoms with E-state index < -0.39 is 20.2 Å². The number of unbranched alkanes of at least 4 members (excludes halogenated alkanes) is 7. The third kappa shape index (κ3) is 6.80. The Hall–Kier alpha value is -1.96. The Labute approximate surface area is 170 Å². The van der Waals surface area contributed by atoms with Gasteiger partial charge in [0.05, 0.1) is 4.90 Å². The van der Waals surface area contributed by atoms with Gasteiger partial charge >= 0.3 is 5.51 Å². The number of halogens is 3. The summed E-state index contributed by atoms with van der Waals surface area (Å²) < 4.78 is 60.6. The normalized spacial score (nSPS) is 12.3. The first-order valence-corrected chi connectivity index (χ1v) is 11.5. The molecule has 0 aliphatic rings. The van der Waals surface area contributed by atoms with E-state index in [9.17, 15) is 21.6 Å².